The molecule has 0 spiro atoms. The molecule has 1 unspecified atom stereocenters. The number of likely N-dealkylation sites (tertiary alicyclic amines) is 2. The molecule has 28 heteroatoms. The van der Waals surface area contributed by atoms with E-state index in [0.29, 0.717) is 70.4 Å². The third-order valence-electron chi connectivity index (χ3n) is 13.7. The standard InChI is InChI=1S/2C24H29F3N2O3S.2C2HF3O2/c1-23(2,33(31,32)20-10-6-9-19(15-20)24(25,26)27)18-11-13-29(14-12-18)22(30)16-21(28)17-7-4-3-5-8-17;1-23(2,33(31,32)20-10-6-9-19(16-20)24(25,26)27)18-11-13-29(14-12-18)22(30)21(28)15-17-7-4-3-5-8-17;2*3-2(4,5)1(6)7/h3-10,15,18,21H,11-14,16,28H2,1-2H3;3-10,16,18,21H,11-15,28H2,1-2H3;2*(H,6,7)/t21-;;;/m1.../s1. The van der Waals surface area contributed by atoms with E-state index in [1.807, 2.05) is 60.7 Å². The molecular weight excluding hydrogens is 1130 g/mol. The van der Waals surface area contributed by atoms with Crippen LogP contribution in [0.25, 0.3) is 0 Å². The number of carboxylic acid groups (broad SMARTS) is 2. The number of alkyl halides is 12. The lowest BCUT2D eigenvalue weighted by atomic mass is 9.85. The van der Waals surface area contributed by atoms with Gasteiger partial charge in [-0.2, -0.15) is 52.7 Å². The van der Waals surface area contributed by atoms with E-state index in [1.165, 1.54) is 12.1 Å². The van der Waals surface area contributed by atoms with Gasteiger partial charge in [0.25, 0.3) is 0 Å². The van der Waals surface area contributed by atoms with Crippen molar-refractivity contribution in [2.45, 2.75) is 122 Å². The fraction of sp³-hybridized carbons (Fsp3) is 0.462. The van der Waals surface area contributed by atoms with Gasteiger partial charge in [-0.05, 0) is 119 Å². The number of carbonyl (C=O) groups excluding carboxylic acids is 2. The van der Waals surface area contributed by atoms with E-state index in [9.17, 15) is 79.1 Å². The van der Waals surface area contributed by atoms with Crippen molar-refractivity contribution >= 4 is 43.4 Å². The number of hydrogen-bond acceptors (Lipinski definition) is 10. The second-order valence-electron chi connectivity index (χ2n) is 19.6. The third kappa shape index (κ3) is 18.4. The van der Waals surface area contributed by atoms with Crippen molar-refractivity contribution in [3.63, 3.8) is 0 Å². The molecule has 14 nitrogen and oxygen atoms in total. The molecule has 4 aromatic carbocycles. The molecule has 2 aliphatic heterocycles. The van der Waals surface area contributed by atoms with Crippen LogP contribution in [0.15, 0.2) is 119 Å². The van der Waals surface area contributed by atoms with Gasteiger partial charge in [0, 0.05) is 38.6 Å². The molecule has 2 aliphatic rings. The van der Waals surface area contributed by atoms with E-state index in [0.717, 1.165) is 35.4 Å². The van der Waals surface area contributed by atoms with Crippen molar-refractivity contribution in [1.82, 2.24) is 9.80 Å². The monoisotopic (exact) mass is 1190 g/mol. The number of aliphatic carboxylic acids is 2. The lowest BCUT2D eigenvalue weighted by Gasteiger charge is -2.40. The van der Waals surface area contributed by atoms with E-state index in [4.69, 9.17) is 31.3 Å². The van der Waals surface area contributed by atoms with Crippen molar-refractivity contribution in [3.05, 3.63) is 131 Å². The molecule has 2 atom stereocenters. The molecule has 6 rings (SSSR count). The topological polar surface area (TPSA) is 236 Å². The number of sulfone groups is 2. The summed E-state index contributed by atoms with van der Waals surface area (Å²) >= 11 is 0. The van der Waals surface area contributed by atoms with Gasteiger partial charge in [-0.1, -0.05) is 72.8 Å². The van der Waals surface area contributed by atoms with Crippen molar-refractivity contribution in [2.75, 3.05) is 26.2 Å². The summed E-state index contributed by atoms with van der Waals surface area (Å²) in [5.74, 6) is -6.41. The van der Waals surface area contributed by atoms with Crippen LogP contribution in [-0.4, -0.2) is 115 Å². The van der Waals surface area contributed by atoms with E-state index >= 15 is 0 Å². The molecule has 6 N–H and O–H groups in total. The summed E-state index contributed by atoms with van der Waals surface area (Å²) in [5.41, 5.74) is 12.1. The minimum atomic E-state index is -5.08. The zero-order valence-corrected chi connectivity index (χ0v) is 45.0. The molecule has 2 saturated heterocycles. The molecule has 0 aliphatic carbocycles. The van der Waals surface area contributed by atoms with E-state index in [2.05, 4.69) is 0 Å². The van der Waals surface area contributed by atoms with Crippen LogP contribution < -0.4 is 11.5 Å². The van der Waals surface area contributed by atoms with Crippen LogP contribution in [0.4, 0.5) is 52.7 Å². The number of amides is 2. The SMILES string of the molecule is CC(C)(C1CCN(C(=O)C(N)Cc2ccccc2)CC1)S(=O)(=O)c1cccc(C(F)(F)F)c1.CC(C)(C1CCN(C(=O)C[C@@H](N)c2ccccc2)CC1)S(=O)(=O)c1cccc(C(F)(F)F)c1.O=C(O)C(F)(F)F.O=C(O)C(F)(F)F. The Hall–Kier alpha value is -6.26. The summed E-state index contributed by atoms with van der Waals surface area (Å²) in [6.07, 6.45) is -17.1. The maximum atomic E-state index is 13.3. The maximum Gasteiger partial charge on any atom is 0.490 e. The molecule has 0 aromatic heterocycles. The Morgan fingerprint density at radius 2 is 0.875 bits per heavy atom. The van der Waals surface area contributed by atoms with Crippen LogP contribution in [0.2, 0.25) is 0 Å². The van der Waals surface area contributed by atoms with E-state index < -0.39 is 89.0 Å². The first-order chi connectivity index (χ1) is 36.6. The van der Waals surface area contributed by atoms with Gasteiger partial charge < -0.3 is 31.5 Å². The van der Waals surface area contributed by atoms with Crippen molar-refractivity contribution in [2.24, 2.45) is 23.3 Å². The van der Waals surface area contributed by atoms with Gasteiger partial charge in [0.1, 0.15) is 0 Å². The Bertz CT molecular complexity index is 2920. The number of nitrogens with zero attached hydrogens (tertiary/aromatic N) is 2. The molecule has 0 bridgehead atoms. The highest BCUT2D eigenvalue weighted by molar-refractivity contribution is 7.93. The normalized spacial score (nSPS) is 16.1. The van der Waals surface area contributed by atoms with Crippen LogP contribution in [-0.2, 0) is 57.6 Å². The highest BCUT2D eigenvalue weighted by Gasteiger charge is 2.47. The summed E-state index contributed by atoms with van der Waals surface area (Å²) in [4.78, 5) is 45.9. The first-order valence-corrected chi connectivity index (χ1v) is 27.1. The van der Waals surface area contributed by atoms with E-state index in [1.54, 1.807) is 37.5 Å². The number of rotatable bonds is 12. The van der Waals surface area contributed by atoms with Crippen LogP contribution in [0, 0.1) is 11.8 Å². The number of halogens is 12. The summed E-state index contributed by atoms with van der Waals surface area (Å²) in [6.45, 7) is 7.67. The maximum absolute atomic E-state index is 13.3. The van der Waals surface area contributed by atoms with Crippen LogP contribution in [0.3, 0.4) is 0 Å². The quantitative estimate of drug-likeness (QED) is 0.0970. The number of hydrogen-bond donors (Lipinski definition) is 4. The highest BCUT2D eigenvalue weighted by Crippen LogP contribution is 2.42. The molecule has 444 valence electrons. The average molecular weight is 1190 g/mol. The summed E-state index contributed by atoms with van der Waals surface area (Å²) in [6, 6.07) is 25.4. The molecule has 2 fully saturated rings. The predicted octanol–water partition coefficient (Wildman–Crippen LogP) is 9.92. The van der Waals surface area contributed by atoms with Gasteiger partial charge in [-0.15, -0.1) is 0 Å². The Morgan fingerprint density at radius 1 is 0.537 bits per heavy atom. The van der Waals surface area contributed by atoms with Gasteiger partial charge >= 0.3 is 36.6 Å². The Morgan fingerprint density at radius 3 is 1.21 bits per heavy atom. The lowest BCUT2D eigenvalue weighted by molar-refractivity contribution is -0.193. The first kappa shape index (κ1) is 68.0. The van der Waals surface area contributed by atoms with Crippen molar-refractivity contribution in [3.8, 4) is 0 Å². The minimum Gasteiger partial charge on any atom is -0.475 e. The Kier molecular flexibility index (Phi) is 23.0. The molecule has 80 heavy (non-hydrogen) atoms. The second-order valence-corrected chi connectivity index (χ2v) is 24.7. The number of carbonyl (C=O) groups is 4. The van der Waals surface area contributed by atoms with E-state index in [-0.39, 0.29) is 39.9 Å². The summed E-state index contributed by atoms with van der Waals surface area (Å²) < 4.78 is 193. The molecule has 0 saturated carbocycles. The number of piperidine rings is 2. The predicted molar refractivity (Wildman–Crippen MR) is 268 cm³/mol. The molecule has 2 heterocycles. The largest absolute Gasteiger partial charge is 0.490 e. The third-order valence-corrected chi connectivity index (χ3v) is 18.9. The molecule has 0 radical (unpaired) electrons. The van der Waals surface area contributed by atoms with Crippen molar-refractivity contribution < 1.29 is 98.9 Å². The van der Waals surface area contributed by atoms with Gasteiger partial charge in [0.05, 0.1) is 36.5 Å². The highest BCUT2D eigenvalue weighted by atomic mass is 32.2. The smallest absolute Gasteiger partial charge is 0.475 e. The van der Waals surface area contributed by atoms with Gasteiger partial charge in [-0.3, -0.25) is 9.59 Å². The zero-order valence-electron chi connectivity index (χ0n) is 43.3. The van der Waals surface area contributed by atoms with Gasteiger partial charge in [-0.25, -0.2) is 26.4 Å². The Labute approximate surface area is 453 Å². The lowest BCUT2D eigenvalue weighted by Crippen LogP contribution is -2.51. The summed E-state index contributed by atoms with van der Waals surface area (Å²) in [7, 11) is -8.08. The van der Waals surface area contributed by atoms with Crippen LogP contribution >= 0.6 is 0 Å². The first-order valence-electron chi connectivity index (χ1n) is 24.2. The summed E-state index contributed by atoms with van der Waals surface area (Å²) in [5, 5.41) is 14.2. The number of benzene rings is 4. The number of carboxylic acids is 2. The molecular formula is C52H60F12N4O10S2. The van der Waals surface area contributed by atoms with Crippen LogP contribution in [0.5, 0.6) is 0 Å². The number of nitrogens with two attached hydrogens (primary N) is 2. The minimum absolute atomic E-state index is 0.0941. The fourth-order valence-electron chi connectivity index (χ4n) is 8.67. The van der Waals surface area contributed by atoms with Gasteiger partial charge in [0.2, 0.25) is 11.8 Å². The second kappa shape index (κ2) is 27.0. The van der Waals surface area contributed by atoms with Crippen molar-refractivity contribution in [1.29, 1.82) is 0 Å². The molecule has 2 amide bonds. The zero-order chi connectivity index (χ0) is 61.0. The molecule has 4 aromatic rings. The van der Waals surface area contributed by atoms with Crippen LogP contribution in [0.1, 0.15) is 88.1 Å². The average Bonchev–Trinajstić information content (AvgIpc) is 3.38. The Balaban J connectivity index is 0.000000339. The van der Waals surface area contributed by atoms with Gasteiger partial charge in [0.15, 0.2) is 19.7 Å². The fourth-order valence-corrected chi connectivity index (χ4v) is 12.3.